The molecular weight excluding hydrogens is 392 g/mol. The van der Waals surface area contributed by atoms with Crippen molar-refractivity contribution in [3.05, 3.63) is 47.0 Å². The molecule has 0 spiro atoms. The molecule has 0 aromatic carbocycles. The Bertz CT molecular complexity index is 977. The molecule has 0 bridgehead atoms. The maximum atomic E-state index is 13.5. The second-order valence-corrected chi connectivity index (χ2v) is 6.81. The highest BCUT2D eigenvalue weighted by Gasteiger charge is 2.41. The van der Waals surface area contributed by atoms with E-state index in [0.717, 1.165) is 28.0 Å². The van der Waals surface area contributed by atoms with Crippen LogP contribution in [0.5, 0.6) is 0 Å². The van der Waals surface area contributed by atoms with Crippen LogP contribution in [0.1, 0.15) is 29.8 Å². The van der Waals surface area contributed by atoms with E-state index in [4.69, 9.17) is 0 Å². The van der Waals surface area contributed by atoms with Crippen LogP contribution in [0.4, 0.5) is 29.2 Å². The number of hydrogen-bond donors (Lipinski definition) is 0. The normalized spacial score (nSPS) is 17.0. The Morgan fingerprint density at radius 3 is 2.52 bits per heavy atom. The summed E-state index contributed by atoms with van der Waals surface area (Å²) in [4.78, 5) is 35.6. The Labute approximate surface area is 164 Å². The minimum Gasteiger partial charge on any atom is -0.298 e. The maximum Gasteiger partial charge on any atom is 0.416 e. The zero-order valence-electron chi connectivity index (χ0n) is 15.9. The van der Waals surface area contributed by atoms with Crippen molar-refractivity contribution in [1.82, 2.24) is 9.97 Å². The molecule has 10 heteroatoms. The largest absolute Gasteiger partial charge is 0.416 e. The highest BCUT2D eigenvalue weighted by Crippen LogP contribution is 2.34. The molecule has 0 N–H and O–H groups in total. The summed E-state index contributed by atoms with van der Waals surface area (Å²) in [5.74, 6) is -1.63. The van der Waals surface area contributed by atoms with Gasteiger partial charge in [0.2, 0.25) is 5.91 Å². The summed E-state index contributed by atoms with van der Waals surface area (Å²) in [7, 11) is 1.41. The molecule has 29 heavy (non-hydrogen) atoms. The monoisotopic (exact) mass is 410 g/mol. The molecule has 1 aliphatic heterocycles. The van der Waals surface area contributed by atoms with Gasteiger partial charge in [-0.05, 0) is 44.5 Å². The summed E-state index contributed by atoms with van der Waals surface area (Å²) in [5.41, 5.74) is -0.781. The Morgan fingerprint density at radius 1 is 1.21 bits per heavy atom. The molecule has 0 saturated carbocycles. The average molecular weight is 410 g/mol. The zero-order chi connectivity index (χ0) is 21.5. The molecule has 0 aliphatic carbocycles. The second-order valence-electron chi connectivity index (χ2n) is 6.81. The quantitative estimate of drug-likeness (QED) is 0.728. The first-order valence-corrected chi connectivity index (χ1v) is 8.77. The van der Waals surface area contributed by atoms with Gasteiger partial charge in [0.05, 0.1) is 11.3 Å². The van der Waals surface area contributed by atoms with Crippen LogP contribution in [0, 0.1) is 19.7 Å². The lowest BCUT2D eigenvalue weighted by molar-refractivity contribution is -0.137. The SMILES string of the molecule is Cc1cc(C(F)(F)F)cc(N2C(=O)CC[C@H]2C(=O)N(C)c2ccc(F)c(C)n2)n1. The third-order valence-corrected chi connectivity index (χ3v) is 4.69. The number of alkyl halides is 3. The van der Waals surface area contributed by atoms with E-state index < -0.39 is 35.4 Å². The van der Waals surface area contributed by atoms with Gasteiger partial charge in [-0.1, -0.05) is 0 Å². The van der Waals surface area contributed by atoms with E-state index in [2.05, 4.69) is 9.97 Å². The molecule has 6 nitrogen and oxygen atoms in total. The fraction of sp³-hybridized carbons (Fsp3) is 0.368. The van der Waals surface area contributed by atoms with Gasteiger partial charge in [0.15, 0.2) is 0 Å². The molecule has 1 saturated heterocycles. The van der Waals surface area contributed by atoms with Crippen LogP contribution in [0.2, 0.25) is 0 Å². The van der Waals surface area contributed by atoms with Gasteiger partial charge >= 0.3 is 6.18 Å². The summed E-state index contributed by atoms with van der Waals surface area (Å²) in [6.45, 7) is 2.82. The molecule has 1 fully saturated rings. The van der Waals surface area contributed by atoms with Crippen LogP contribution in [0.25, 0.3) is 0 Å². The predicted molar refractivity (Wildman–Crippen MR) is 96.8 cm³/mol. The number of hydrogen-bond acceptors (Lipinski definition) is 4. The number of amides is 2. The molecular formula is C19H18F4N4O2. The van der Waals surface area contributed by atoms with Gasteiger partial charge in [-0.3, -0.25) is 19.4 Å². The molecule has 2 aromatic rings. The Kier molecular flexibility index (Phi) is 5.29. The summed E-state index contributed by atoms with van der Waals surface area (Å²) in [6.07, 6.45) is -4.49. The molecule has 3 heterocycles. The molecule has 1 aliphatic rings. The third kappa shape index (κ3) is 4.06. The standard InChI is InChI=1S/C19H18F4N4O2/c1-10-8-12(19(21,22)23)9-16(24-10)27-14(5-7-17(27)28)18(29)26(3)15-6-4-13(20)11(2)25-15/h4,6,8-9,14H,5,7H2,1-3H3/t14-/m0/s1. The minimum atomic E-state index is -4.61. The highest BCUT2D eigenvalue weighted by atomic mass is 19.4. The molecule has 154 valence electrons. The Hall–Kier alpha value is -3.04. The van der Waals surface area contributed by atoms with Crippen LogP contribution in [0.15, 0.2) is 24.3 Å². The van der Waals surface area contributed by atoms with Crippen LogP contribution in [-0.2, 0) is 15.8 Å². The first-order valence-electron chi connectivity index (χ1n) is 8.77. The number of rotatable bonds is 3. The van der Waals surface area contributed by atoms with Crippen molar-refractivity contribution in [3.63, 3.8) is 0 Å². The lowest BCUT2D eigenvalue weighted by atomic mass is 10.1. The highest BCUT2D eigenvalue weighted by molar-refractivity contribution is 6.07. The van der Waals surface area contributed by atoms with Crippen molar-refractivity contribution in [1.29, 1.82) is 0 Å². The van der Waals surface area contributed by atoms with Crippen molar-refractivity contribution in [2.75, 3.05) is 16.8 Å². The number of nitrogens with zero attached hydrogens (tertiary/aromatic N) is 4. The van der Waals surface area contributed by atoms with Gasteiger partial charge in [0, 0.05) is 19.2 Å². The number of aromatic nitrogens is 2. The molecule has 3 rings (SSSR count). The second kappa shape index (κ2) is 7.41. The number of pyridine rings is 2. The van der Waals surface area contributed by atoms with Gasteiger partial charge in [-0.2, -0.15) is 13.2 Å². The lowest BCUT2D eigenvalue weighted by Crippen LogP contribution is -2.46. The smallest absolute Gasteiger partial charge is 0.298 e. The average Bonchev–Trinajstić information content (AvgIpc) is 3.03. The van der Waals surface area contributed by atoms with E-state index in [1.807, 2.05) is 0 Å². The number of carbonyl (C=O) groups excluding carboxylic acids is 2. The maximum absolute atomic E-state index is 13.5. The number of aryl methyl sites for hydroxylation is 2. The van der Waals surface area contributed by atoms with Crippen molar-refractivity contribution in [3.8, 4) is 0 Å². The van der Waals surface area contributed by atoms with E-state index in [0.29, 0.717) is 0 Å². The van der Waals surface area contributed by atoms with E-state index in [1.54, 1.807) is 0 Å². The van der Waals surface area contributed by atoms with Gasteiger partial charge in [0.1, 0.15) is 23.5 Å². The van der Waals surface area contributed by atoms with Gasteiger partial charge in [-0.15, -0.1) is 0 Å². The molecule has 0 radical (unpaired) electrons. The van der Waals surface area contributed by atoms with Crippen molar-refractivity contribution >= 4 is 23.5 Å². The van der Waals surface area contributed by atoms with E-state index >= 15 is 0 Å². The summed E-state index contributed by atoms with van der Waals surface area (Å²) >= 11 is 0. The third-order valence-electron chi connectivity index (χ3n) is 4.69. The van der Waals surface area contributed by atoms with Crippen molar-refractivity contribution in [2.45, 2.75) is 38.9 Å². The fourth-order valence-corrected chi connectivity index (χ4v) is 3.20. The molecule has 2 aromatic heterocycles. The predicted octanol–water partition coefficient (Wildman–Crippen LogP) is 3.41. The topological polar surface area (TPSA) is 66.4 Å². The minimum absolute atomic E-state index is 0.00288. The van der Waals surface area contributed by atoms with Gasteiger partial charge in [-0.25, -0.2) is 14.4 Å². The Morgan fingerprint density at radius 2 is 1.90 bits per heavy atom. The van der Waals surface area contributed by atoms with Crippen LogP contribution in [0.3, 0.4) is 0 Å². The van der Waals surface area contributed by atoms with Crippen LogP contribution in [-0.4, -0.2) is 34.9 Å². The fourth-order valence-electron chi connectivity index (χ4n) is 3.20. The van der Waals surface area contributed by atoms with E-state index in [-0.39, 0.29) is 35.9 Å². The number of likely N-dealkylation sites (N-methyl/N-ethyl adjacent to an activating group) is 1. The van der Waals surface area contributed by atoms with Crippen LogP contribution < -0.4 is 9.80 Å². The van der Waals surface area contributed by atoms with E-state index in [1.165, 1.54) is 27.0 Å². The lowest BCUT2D eigenvalue weighted by Gasteiger charge is -2.27. The first-order chi connectivity index (χ1) is 13.5. The van der Waals surface area contributed by atoms with Gasteiger partial charge in [0.25, 0.3) is 5.91 Å². The first kappa shape index (κ1) is 20.7. The molecule has 2 amide bonds. The van der Waals surface area contributed by atoms with Crippen LogP contribution >= 0.6 is 0 Å². The zero-order valence-corrected chi connectivity index (χ0v) is 15.9. The number of carbonyl (C=O) groups is 2. The summed E-state index contributed by atoms with van der Waals surface area (Å²) in [6, 6.07) is 3.08. The van der Waals surface area contributed by atoms with Crippen molar-refractivity contribution in [2.24, 2.45) is 0 Å². The molecule has 0 unspecified atom stereocenters. The van der Waals surface area contributed by atoms with E-state index in [9.17, 15) is 27.2 Å². The van der Waals surface area contributed by atoms with Gasteiger partial charge < -0.3 is 0 Å². The summed E-state index contributed by atoms with van der Waals surface area (Å²) in [5, 5.41) is 0. The molecule has 1 atom stereocenters. The Balaban J connectivity index is 1.95. The number of halogens is 4. The summed E-state index contributed by atoms with van der Waals surface area (Å²) < 4.78 is 52.9. The number of anilines is 2. The van der Waals surface area contributed by atoms with Crippen molar-refractivity contribution < 1.29 is 27.2 Å².